The van der Waals surface area contributed by atoms with Crippen LogP contribution in [0, 0.1) is 5.82 Å². The molecule has 0 saturated heterocycles. The van der Waals surface area contributed by atoms with Crippen molar-refractivity contribution in [3.8, 4) is 0 Å². The second kappa shape index (κ2) is 6.49. The summed E-state index contributed by atoms with van der Waals surface area (Å²) in [5.41, 5.74) is 6.16. The molecule has 0 radical (unpaired) electrons. The van der Waals surface area contributed by atoms with Crippen LogP contribution in [0.25, 0.3) is 0 Å². The highest BCUT2D eigenvalue weighted by atomic mass is 35.5. The minimum Gasteiger partial charge on any atom is -0.382 e. The van der Waals surface area contributed by atoms with Gasteiger partial charge in [0, 0.05) is 19.2 Å². The third kappa shape index (κ3) is 3.34. The smallest absolute Gasteiger partial charge is 0.269 e. The van der Waals surface area contributed by atoms with E-state index in [1.54, 1.807) is 12.1 Å². The molecule has 1 aromatic heterocycles. The first-order valence-corrected chi connectivity index (χ1v) is 6.43. The van der Waals surface area contributed by atoms with Crippen molar-refractivity contribution in [2.24, 2.45) is 5.73 Å². The van der Waals surface area contributed by atoms with Gasteiger partial charge in [0.25, 0.3) is 5.56 Å². The normalized spacial score (nSPS) is 10.6. The third-order valence-corrected chi connectivity index (χ3v) is 3.12. The zero-order valence-corrected chi connectivity index (χ0v) is 11.4. The highest BCUT2D eigenvalue weighted by molar-refractivity contribution is 6.31. The van der Waals surface area contributed by atoms with Crippen LogP contribution in [0.3, 0.4) is 0 Å². The Kier molecular flexibility index (Phi) is 4.70. The van der Waals surface area contributed by atoms with Crippen LogP contribution in [0.4, 0.5) is 10.1 Å². The van der Waals surface area contributed by atoms with Crippen molar-refractivity contribution in [1.29, 1.82) is 0 Å². The molecule has 0 spiro atoms. The third-order valence-electron chi connectivity index (χ3n) is 2.69. The molecule has 7 heteroatoms. The van der Waals surface area contributed by atoms with Gasteiger partial charge in [0.2, 0.25) is 0 Å². The topological polar surface area (TPSA) is 72.9 Å². The lowest BCUT2D eigenvalue weighted by molar-refractivity contribution is 0.611. The molecule has 0 saturated carbocycles. The maximum absolute atomic E-state index is 13.3. The summed E-state index contributed by atoms with van der Waals surface area (Å²) < 4.78 is 14.5. The van der Waals surface area contributed by atoms with E-state index in [0.717, 1.165) is 0 Å². The number of hydrogen-bond acceptors (Lipinski definition) is 4. The van der Waals surface area contributed by atoms with E-state index >= 15 is 0 Å². The Morgan fingerprint density at radius 3 is 2.95 bits per heavy atom. The van der Waals surface area contributed by atoms with Gasteiger partial charge in [-0.2, -0.15) is 5.10 Å². The highest BCUT2D eigenvalue weighted by Crippen LogP contribution is 2.19. The minimum absolute atomic E-state index is 0.00605. The molecule has 1 aromatic carbocycles. The molecule has 0 atom stereocenters. The van der Waals surface area contributed by atoms with E-state index in [-0.39, 0.29) is 17.1 Å². The average Bonchev–Trinajstić information content (AvgIpc) is 2.44. The van der Waals surface area contributed by atoms with Crippen LogP contribution in [0.2, 0.25) is 5.02 Å². The summed E-state index contributed by atoms with van der Waals surface area (Å²) in [6.07, 6.45) is 1.52. The van der Waals surface area contributed by atoms with Crippen molar-refractivity contribution in [2.45, 2.75) is 6.54 Å². The Hall–Kier alpha value is -1.92. The van der Waals surface area contributed by atoms with E-state index < -0.39 is 5.82 Å². The number of halogens is 2. The molecule has 106 valence electrons. The van der Waals surface area contributed by atoms with Crippen LogP contribution in [0.5, 0.6) is 0 Å². The fourth-order valence-corrected chi connectivity index (χ4v) is 1.88. The predicted molar refractivity (Wildman–Crippen MR) is 76.6 cm³/mol. The lowest BCUT2D eigenvalue weighted by Crippen LogP contribution is -2.24. The lowest BCUT2D eigenvalue weighted by Gasteiger charge is -2.08. The first-order valence-electron chi connectivity index (χ1n) is 6.06. The zero-order valence-electron chi connectivity index (χ0n) is 10.6. The fourth-order valence-electron chi connectivity index (χ4n) is 1.70. The van der Waals surface area contributed by atoms with Gasteiger partial charge in [0.15, 0.2) is 0 Å². The number of nitrogens with two attached hydrogens (primary N) is 1. The summed E-state index contributed by atoms with van der Waals surface area (Å²) in [6.45, 7) is 1.13. The summed E-state index contributed by atoms with van der Waals surface area (Å²) in [5, 5.41) is 6.98. The zero-order chi connectivity index (χ0) is 14.5. The summed E-state index contributed by atoms with van der Waals surface area (Å²) >= 11 is 5.85. The van der Waals surface area contributed by atoms with Crippen molar-refractivity contribution in [2.75, 3.05) is 18.4 Å². The van der Waals surface area contributed by atoms with Crippen LogP contribution in [0.15, 0.2) is 35.3 Å². The molecule has 0 aliphatic heterocycles. The van der Waals surface area contributed by atoms with Crippen LogP contribution in [-0.4, -0.2) is 22.9 Å². The monoisotopic (exact) mass is 296 g/mol. The molecule has 0 fully saturated rings. The summed E-state index contributed by atoms with van der Waals surface area (Å²) in [6, 6.07) is 5.87. The average molecular weight is 297 g/mol. The van der Waals surface area contributed by atoms with E-state index in [4.69, 9.17) is 17.3 Å². The van der Waals surface area contributed by atoms with Crippen molar-refractivity contribution in [1.82, 2.24) is 9.78 Å². The Bertz CT molecular complexity index is 659. The van der Waals surface area contributed by atoms with E-state index in [0.29, 0.717) is 24.3 Å². The second-order valence-corrected chi connectivity index (χ2v) is 4.55. The van der Waals surface area contributed by atoms with E-state index in [9.17, 15) is 9.18 Å². The quantitative estimate of drug-likeness (QED) is 0.876. The van der Waals surface area contributed by atoms with Crippen LogP contribution in [-0.2, 0) is 6.54 Å². The van der Waals surface area contributed by atoms with Crippen LogP contribution >= 0.6 is 11.6 Å². The predicted octanol–water partition coefficient (Wildman–Crippen LogP) is 1.45. The fraction of sp³-hybridized carbons (Fsp3) is 0.231. The maximum Gasteiger partial charge on any atom is 0.269 e. The molecular weight excluding hydrogens is 283 g/mol. The molecule has 5 nitrogen and oxygen atoms in total. The van der Waals surface area contributed by atoms with E-state index in [1.165, 1.54) is 23.0 Å². The highest BCUT2D eigenvalue weighted by Gasteiger charge is 2.08. The molecule has 0 amide bonds. The van der Waals surface area contributed by atoms with Crippen molar-refractivity contribution in [3.63, 3.8) is 0 Å². The summed E-state index contributed by atoms with van der Waals surface area (Å²) in [5.74, 6) is -0.515. The Morgan fingerprint density at radius 1 is 1.45 bits per heavy atom. The van der Waals surface area contributed by atoms with Crippen molar-refractivity contribution >= 4 is 17.3 Å². The second-order valence-electron chi connectivity index (χ2n) is 4.17. The van der Waals surface area contributed by atoms with Gasteiger partial charge in [-0.3, -0.25) is 4.79 Å². The lowest BCUT2D eigenvalue weighted by atomic mass is 10.2. The summed E-state index contributed by atoms with van der Waals surface area (Å²) in [7, 11) is 0. The largest absolute Gasteiger partial charge is 0.382 e. The molecule has 2 rings (SSSR count). The number of hydrogen-bond donors (Lipinski definition) is 2. The number of nitrogens with zero attached hydrogens (tertiary/aromatic N) is 2. The van der Waals surface area contributed by atoms with Crippen LogP contribution < -0.4 is 16.6 Å². The number of aromatic nitrogens is 2. The van der Waals surface area contributed by atoms with Gasteiger partial charge < -0.3 is 11.1 Å². The van der Waals surface area contributed by atoms with Crippen molar-refractivity contribution < 1.29 is 4.39 Å². The number of nitrogens with one attached hydrogen (secondary N) is 1. The molecule has 0 aliphatic rings. The molecule has 0 aliphatic carbocycles. The Morgan fingerprint density at radius 2 is 2.25 bits per heavy atom. The molecule has 3 N–H and O–H groups in total. The van der Waals surface area contributed by atoms with Gasteiger partial charge in [-0.1, -0.05) is 23.7 Å². The maximum atomic E-state index is 13.3. The number of anilines is 1. The Balaban J connectivity index is 2.22. The first-order chi connectivity index (χ1) is 9.61. The SMILES string of the molecule is NCCNc1cnn(Cc2cccc(F)c2Cl)c(=O)c1. The molecule has 0 bridgehead atoms. The van der Waals surface area contributed by atoms with Gasteiger partial charge in [-0.15, -0.1) is 0 Å². The minimum atomic E-state index is -0.515. The molecule has 1 heterocycles. The van der Waals surface area contributed by atoms with Gasteiger partial charge >= 0.3 is 0 Å². The van der Waals surface area contributed by atoms with E-state index in [2.05, 4.69) is 10.4 Å². The first kappa shape index (κ1) is 14.5. The molecule has 20 heavy (non-hydrogen) atoms. The van der Waals surface area contributed by atoms with Gasteiger partial charge in [0.1, 0.15) is 5.82 Å². The van der Waals surface area contributed by atoms with Gasteiger partial charge in [0.05, 0.1) is 23.5 Å². The molecule has 0 unspecified atom stereocenters. The molecular formula is C13H14ClFN4O. The molecule has 2 aromatic rings. The Labute approximate surface area is 120 Å². The number of benzene rings is 1. The standard InChI is InChI=1S/C13H14ClFN4O/c14-13-9(2-1-3-11(13)15)8-19-12(20)6-10(7-18-19)17-5-4-16/h1-3,6-7,17H,4-5,8,16H2. The van der Waals surface area contributed by atoms with Crippen LogP contribution in [0.1, 0.15) is 5.56 Å². The summed E-state index contributed by atoms with van der Waals surface area (Å²) in [4.78, 5) is 11.9. The number of rotatable bonds is 5. The van der Waals surface area contributed by atoms with E-state index in [1.807, 2.05) is 0 Å². The van der Waals surface area contributed by atoms with Gasteiger partial charge in [-0.05, 0) is 11.6 Å². The van der Waals surface area contributed by atoms with Crippen molar-refractivity contribution in [3.05, 3.63) is 57.2 Å². The van der Waals surface area contributed by atoms with Gasteiger partial charge in [-0.25, -0.2) is 9.07 Å².